The van der Waals surface area contributed by atoms with E-state index in [1.54, 1.807) is 19.1 Å². The first-order chi connectivity index (χ1) is 7.89. The number of aryl methyl sites for hydroxylation is 1. The van der Waals surface area contributed by atoms with Crippen molar-refractivity contribution in [3.05, 3.63) is 29.8 Å². The summed E-state index contributed by atoms with van der Waals surface area (Å²) in [7, 11) is -1.37. The molecule has 0 amide bonds. The molecule has 0 saturated carbocycles. The smallest absolute Gasteiger partial charge is 0.181 e. The Kier molecular flexibility index (Phi) is 4.71. The van der Waals surface area contributed by atoms with Gasteiger partial charge in [-0.2, -0.15) is 0 Å². The molecule has 0 aliphatic rings. The van der Waals surface area contributed by atoms with Crippen LogP contribution in [0.3, 0.4) is 0 Å². The Morgan fingerprint density at radius 1 is 1.24 bits per heavy atom. The van der Waals surface area contributed by atoms with E-state index < -0.39 is 9.84 Å². The fourth-order valence-electron chi connectivity index (χ4n) is 1.83. The van der Waals surface area contributed by atoms with Crippen molar-refractivity contribution in [1.82, 2.24) is 5.32 Å². The molecule has 1 aromatic carbocycles. The largest absolute Gasteiger partial charge is 0.317 e. The van der Waals surface area contributed by atoms with Gasteiger partial charge in [0.1, 0.15) is 0 Å². The highest BCUT2D eigenvalue weighted by molar-refractivity contribution is 7.92. The Morgan fingerprint density at radius 2 is 1.82 bits per heavy atom. The predicted molar refractivity (Wildman–Crippen MR) is 71.0 cm³/mol. The molecule has 2 unspecified atom stereocenters. The molecule has 0 spiro atoms. The van der Waals surface area contributed by atoms with E-state index in [4.69, 9.17) is 0 Å². The highest BCUT2D eigenvalue weighted by Crippen LogP contribution is 2.22. The Balaban J connectivity index is 3.00. The number of hydrogen-bond acceptors (Lipinski definition) is 3. The molecule has 0 fully saturated rings. The second-order valence-electron chi connectivity index (χ2n) is 4.55. The van der Waals surface area contributed by atoms with Crippen molar-refractivity contribution >= 4 is 9.84 Å². The van der Waals surface area contributed by atoms with Crippen LogP contribution in [0.15, 0.2) is 29.2 Å². The number of sulfone groups is 1. The van der Waals surface area contributed by atoms with Crippen molar-refractivity contribution in [3.63, 3.8) is 0 Å². The van der Waals surface area contributed by atoms with Crippen LogP contribution in [0.25, 0.3) is 0 Å². The van der Waals surface area contributed by atoms with E-state index in [1.165, 1.54) is 0 Å². The molecule has 17 heavy (non-hydrogen) atoms. The molecule has 0 aliphatic heterocycles. The van der Waals surface area contributed by atoms with Crippen LogP contribution in [-0.4, -0.2) is 26.8 Å². The first-order valence-corrected chi connectivity index (χ1v) is 7.41. The Labute approximate surface area is 104 Å². The van der Waals surface area contributed by atoms with Crippen LogP contribution in [0.4, 0.5) is 0 Å². The van der Waals surface area contributed by atoms with E-state index in [0.29, 0.717) is 11.3 Å². The maximum atomic E-state index is 12.4. The average molecular weight is 255 g/mol. The third kappa shape index (κ3) is 3.30. The lowest BCUT2D eigenvalue weighted by Gasteiger charge is -2.18. The summed E-state index contributed by atoms with van der Waals surface area (Å²) in [5.74, 6) is 0. The van der Waals surface area contributed by atoms with Crippen molar-refractivity contribution in [1.29, 1.82) is 0 Å². The van der Waals surface area contributed by atoms with Gasteiger partial charge in [-0.3, -0.25) is 0 Å². The molecule has 0 aliphatic carbocycles. The van der Waals surface area contributed by atoms with Crippen molar-refractivity contribution in [2.45, 2.75) is 43.4 Å². The monoisotopic (exact) mass is 255 g/mol. The van der Waals surface area contributed by atoms with Gasteiger partial charge in [0, 0.05) is 6.04 Å². The third-order valence-corrected chi connectivity index (χ3v) is 5.43. The standard InChI is InChI=1S/C13H21NO2S/c1-10-7-5-6-8-13(10)17(15,16)12(3)9-11(2)14-4/h5-8,11-12,14H,9H2,1-4H3. The van der Waals surface area contributed by atoms with Gasteiger partial charge in [0.15, 0.2) is 9.84 Å². The highest BCUT2D eigenvalue weighted by atomic mass is 32.2. The van der Waals surface area contributed by atoms with Gasteiger partial charge in [-0.15, -0.1) is 0 Å². The first kappa shape index (κ1) is 14.2. The fourth-order valence-corrected chi connectivity index (χ4v) is 3.60. The molecular formula is C13H21NO2S. The van der Waals surface area contributed by atoms with Gasteiger partial charge in [0.05, 0.1) is 10.1 Å². The minimum Gasteiger partial charge on any atom is -0.317 e. The summed E-state index contributed by atoms with van der Waals surface area (Å²) in [6.07, 6.45) is 0.618. The van der Waals surface area contributed by atoms with Gasteiger partial charge in [0.25, 0.3) is 0 Å². The average Bonchev–Trinajstić information content (AvgIpc) is 2.29. The van der Waals surface area contributed by atoms with Gasteiger partial charge >= 0.3 is 0 Å². The molecule has 0 bridgehead atoms. The van der Waals surface area contributed by atoms with E-state index >= 15 is 0 Å². The number of rotatable bonds is 5. The molecular weight excluding hydrogens is 234 g/mol. The van der Waals surface area contributed by atoms with Crippen molar-refractivity contribution < 1.29 is 8.42 Å². The summed E-state index contributed by atoms with van der Waals surface area (Å²) in [6, 6.07) is 7.35. The lowest BCUT2D eigenvalue weighted by molar-refractivity contribution is 0.530. The maximum absolute atomic E-state index is 12.4. The summed E-state index contributed by atoms with van der Waals surface area (Å²) >= 11 is 0. The minimum atomic E-state index is -3.21. The Hall–Kier alpha value is -0.870. The van der Waals surface area contributed by atoms with Crippen LogP contribution in [-0.2, 0) is 9.84 Å². The second kappa shape index (κ2) is 5.65. The molecule has 1 aromatic rings. The summed E-state index contributed by atoms with van der Waals surface area (Å²) in [5, 5.41) is 2.70. The molecule has 0 radical (unpaired) electrons. The third-order valence-electron chi connectivity index (χ3n) is 3.11. The zero-order chi connectivity index (χ0) is 13.1. The maximum Gasteiger partial charge on any atom is 0.181 e. The number of benzene rings is 1. The molecule has 0 saturated heterocycles. The molecule has 1 rings (SSSR count). The normalized spacial score (nSPS) is 15.5. The molecule has 0 aromatic heterocycles. The van der Waals surface area contributed by atoms with Gasteiger partial charge < -0.3 is 5.32 Å². The molecule has 0 heterocycles. The lowest BCUT2D eigenvalue weighted by Crippen LogP contribution is -2.30. The van der Waals surface area contributed by atoms with Crippen molar-refractivity contribution in [2.75, 3.05) is 7.05 Å². The van der Waals surface area contributed by atoms with E-state index in [2.05, 4.69) is 5.32 Å². The number of nitrogens with one attached hydrogen (secondary N) is 1. The zero-order valence-electron chi connectivity index (χ0n) is 10.9. The quantitative estimate of drug-likeness (QED) is 0.877. The summed E-state index contributed by atoms with van der Waals surface area (Å²) in [4.78, 5) is 0.454. The first-order valence-electron chi connectivity index (χ1n) is 5.86. The van der Waals surface area contributed by atoms with Gasteiger partial charge in [-0.1, -0.05) is 18.2 Å². The summed E-state index contributed by atoms with van der Waals surface area (Å²) < 4.78 is 24.8. The van der Waals surface area contributed by atoms with Gasteiger partial charge in [-0.05, 0) is 45.9 Å². The molecule has 96 valence electrons. The minimum absolute atomic E-state index is 0.198. The van der Waals surface area contributed by atoms with Crippen molar-refractivity contribution in [2.24, 2.45) is 0 Å². The van der Waals surface area contributed by atoms with Crippen LogP contribution < -0.4 is 5.32 Å². The second-order valence-corrected chi connectivity index (χ2v) is 6.88. The summed E-state index contributed by atoms with van der Waals surface area (Å²) in [5.41, 5.74) is 0.816. The van der Waals surface area contributed by atoms with E-state index in [1.807, 2.05) is 33.0 Å². The van der Waals surface area contributed by atoms with E-state index in [0.717, 1.165) is 5.56 Å². The molecule has 4 heteroatoms. The van der Waals surface area contributed by atoms with Crippen LogP contribution in [0, 0.1) is 6.92 Å². The predicted octanol–water partition coefficient (Wildman–Crippen LogP) is 2.16. The zero-order valence-corrected chi connectivity index (χ0v) is 11.7. The summed E-state index contributed by atoms with van der Waals surface area (Å²) in [6.45, 7) is 5.60. The highest BCUT2D eigenvalue weighted by Gasteiger charge is 2.25. The topological polar surface area (TPSA) is 46.2 Å². The van der Waals surface area contributed by atoms with Crippen LogP contribution in [0.1, 0.15) is 25.8 Å². The van der Waals surface area contributed by atoms with Gasteiger partial charge in [0.2, 0.25) is 0 Å². The lowest BCUT2D eigenvalue weighted by atomic mass is 10.2. The van der Waals surface area contributed by atoms with Crippen LogP contribution >= 0.6 is 0 Å². The van der Waals surface area contributed by atoms with Crippen LogP contribution in [0.5, 0.6) is 0 Å². The Bertz CT molecular complexity index is 468. The van der Waals surface area contributed by atoms with Crippen LogP contribution in [0.2, 0.25) is 0 Å². The molecule has 1 N–H and O–H groups in total. The molecule has 2 atom stereocenters. The molecule has 3 nitrogen and oxygen atoms in total. The SMILES string of the molecule is CNC(C)CC(C)S(=O)(=O)c1ccccc1C. The fraction of sp³-hybridized carbons (Fsp3) is 0.538. The number of hydrogen-bond donors (Lipinski definition) is 1. The van der Waals surface area contributed by atoms with E-state index in [9.17, 15) is 8.42 Å². The van der Waals surface area contributed by atoms with E-state index in [-0.39, 0.29) is 11.3 Å². The Morgan fingerprint density at radius 3 is 2.35 bits per heavy atom. The van der Waals surface area contributed by atoms with Crippen molar-refractivity contribution in [3.8, 4) is 0 Å². The van der Waals surface area contributed by atoms with Gasteiger partial charge in [-0.25, -0.2) is 8.42 Å².